The number of methoxy groups -OCH3 is 1. The molecular weight excluding hydrogens is 554 g/mol. The van der Waals surface area contributed by atoms with Gasteiger partial charge < -0.3 is 34.1 Å². The first kappa shape index (κ1) is 31.6. The van der Waals surface area contributed by atoms with Crippen molar-refractivity contribution in [2.75, 3.05) is 46.6 Å². The van der Waals surface area contributed by atoms with Gasteiger partial charge in [-0.25, -0.2) is 0 Å². The van der Waals surface area contributed by atoms with E-state index in [1.54, 1.807) is 14.0 Å². The summed E-state index contributed by atoms with van der Waals surface area (Å²) < 4.78 is 26.0. The SMILES string of the molecule is COc1ccccc1COCCCOc1ccc(C2CCNCC2OCCn2cc(CCNC(C)=O)c3ccccc32)cc1. The number of carbonyl (C=O) groups is 1. The number of amides is 1. The molecule has 2 heterocycles. The van der Waals surface area contributed by atoms with Crippen molar-refractivity contribution in [1.82, 2.24) is 15.2 Å². The van der Waals surface area contributed by atoms with Gasteiger partial charge in [-0.1, -0.05) is 48.5 Å². The quantitative estimate of drug-likeness (QED) is 0.166. The summed E-state index contributed by atoms with van der Waals surface area (Å²) in [6, 6.07) is 24.9. The lowest BCUT2D eigenvalue weighted by atomic mass is 9.88. The molecule has 1 amide bonds. The van der Waals surface area contributed by atoms with Crippen molar-refractivity contribution in [1.29, 1.82) is 0 Å². The molecule has 1 aliphatic rings. The first-order chi connectivity index (χ1) is 21.6. The molecule has 1 saturated heterocycles. The number of ether oxygens (including phenoxy) is 4. The van der Waals surface area contributed by atoms with Crippen molar-refractivity contribution >= 4 is 16.8 Å². The number of para-hydroxylation sites is 2. The van der Waals surface area contributed by atoms with Gasteiger partial charge in [0, 0.05) is 61.6 Å². The van der Waals surface area contributed by atoms with Gasteiger partial charge in [-0.3, -0.25) is 4.79 Å². The minimum absolute atomic E-state index is 0.00197. The van der Waals surface area contributed by atoms with Crippen molar-refractivity contribution in [3.05, 3.63) is 95.7 Å². The molecule has 0 spiro atoms. The van der Waals surface area contributed by atoms with E-state index in [1.165, 1.54) is 22.0 Å². The van der Waals surface area contributed by atoms with E-state index >= 15 is 0 Å². The Morgan fingerprint density at radius 1 is 0.977 bits per heavy atom. The minimum atomic E-state index is 0.00197. The highest BCUT2D eigenvalue weighted by Gasteiger charge is 2.27. The Labute approximate surface area is 260 Å². The lowest BCUT2D eigenvalue weighted by molar-refractivity contribution is -0.118. The zero-order chi connectivity index (χ0) is 30.6. The van der Waals surface area contributed by atoms with Gasteiger partial charge in [0.15, 0.2) is 0 Å². The number of fused-ring (bicyclic) bond motifs is 1. The normalized spacial score (nSPS) is 16.6. The summed E-state index contributed by atoms with van der Waals surface area (Å²) in [7, 11) is 1.68. The third-order valence-corrected chi connectivity index (χ3v) is 8.19. The summed E-state index contributed by atoms with van der Waals surface area (Å²) in [6.45, 7) is 7.19. The van der Waals surface area contributed by atoms with Gasteiger partial charge in [-0.15, -0.1) is 0 Å². The number of nitrogens with zero attached hydrogens (tertiary/aromatic N) is 1. The molecule has 0 aliphatic carbocycles. The maximum atomic E-state index is 11.3. The molecule has 3 aromatic carbocycles. The minimum Gasteiger partial charge on any atom is -0.496 e. The lowest BCUT2D eigenvalue weighted by Crippen LogP contribution is -2.41. The van der Waals surface area contributed by atoms with Gasteiger partial charge in [-0.2, -0.15) is 0 Å². The molecule has 5 rings (SSSR count). The molecule has 2 unspecified atom stereocenters. The fourth-order valence-corrected chi connectivity index (χ4v) is 5.94. The van der Waals surface area contributed by atoms with Gasteiger partial charge in [0.2, 0.25) is 5.91 Å². The van der Waals surface area contributed by atoms with Crippen molar-refractivity contribution < 1.29 is 23.7 Å². The van der Waals surface area contributed by atoms with Crippen LogP contribution in [0.5, 0.6) is 11.5 Å². The molecule has 8 nitrogen and oxygen atoms in total. The van der Waals surface area contributed by atoms with Gasteiger partial charge in [0.05, 0.1) is 39.6 Å². The molecule has 1 aliphatic heterocycles. The van der Waals surface area contributed by atoms with E-state index < -0.39 is 0 Å². The van der Waals surface area contributed by atoms with Crippen LogP contribution in [0.15, 0.2) is 79.0 Å². The van der Waals surface area contributed by atoms with Crippen LogP contribution in [0.2, 0.25) is 0 Å². The Morgan fingerprint density at radius 2 is 1.80 bits per heavy atom. The predicted molar refractivity (Wildman–Crippen MR) is 173 cm³/mol. The van der Waals surface area contributed by atoms with E-state index in [-0.39, 0.29) is 12.0 Å². The molecule has 234 valence electrons. The number of piperidine rings is 1. The highest BCUT2D eigenvalue weighted by molar-refractivity contribution is 5.84. The van der Waals surface area contributed by atoms with Crippen LogP contribution in [0, 0.1) is 0 Å². The lowest BCUT2D eigenvalue weighted by Gasteiger charge is -2.32. The molecule has 1 aromatic heterocycles. The van der Waals surface area contributed by atoms with Crippen molar-refractivity contribution in [2.24, 2.45) is 0 Å². The Kier molecular flexibility index (Phi) is 11.7. The van der Waals surface area contributed by atoms with Crippen LogP contribution in [0.25, 0.3) is 10.9 Å². The molecule has 8 heteroatoms. The van der Waals surface area contributed by atoms with Gasteiger partial charge in [-0.05, 0) is 54.8 Å². The zero-order valence-electron chi connectivity index (χ0n) is 25.9. The molecule has 44 heavy (non-hydrogen) atoms. The van der Waals surface area contributed by atoms with E-state index in [9.17, 15) is 4.79 Å². The fourth-order valence-electron chi connectivity index (χ4n) is 5.94. The highest BCUT2D eigenvalue weighted by Crippen LogP contribution is 2.30. The average Bonchev–Trinajstić information content (AvgIpc) is 3.40. The maximum Gasteiger partial charge on any atom is 0.216 e. The third-order valence-electron chi connectivity index (χ3n) is 8.19. The first-order valence-corrected chi connectivity index (χ1v) is 15.7. The monoisotopic (exact) mass is 599 g/mol. The summed E-state index contributed by atoms with van der Waals surface area (Å²) in [5.41, 5.74) is 4.78. The van der Waals surface area contributed by atoms with Crippen molar-refractivity contribution in [2.45, 2.75) is 51.4 Å². The van der Waals surface area contributed by atoms with Crippen LogP contribution < -0.4 is 20.1 Å². The van der Waals surface area contributed by atoms with Crippen LogP contribution in [0.4, 0.5) is 0 Å². The van der Waals surface area contributed by atoms with E-state index in [1.807, 2.05) is 24.3 Å². The Morgan fingerprint density at radius 3 is 2.64 bits per heavy atom. The molecule has 0 bridgehead atoms. The number of rotatable bonds is 16. The zero-order valence-corrected chi connectivity index (χ0v) is 25.9. The van der Waals surface area contributed by atoms with E-state index in [4.69, 9.17) is 18.9 Å². The summed E-state index contributed by atoms with van der Waals surface area (Å²) in [5.74, 6) is 2.06. The van der Waals surface area contributed by atoms with Crippen LogP contribution in [-0.4, -0.2) is 63.1 Å². The Hall–Kier alpha value is -3.85. The second kappa shape index (κ2) is 16.3. The topological polar surface area (TPSA) is 83.0 Å². The van der Waals surface area contributed by atoms with Gasteiger partial charge in [0.1, 0.15) is 11.5 Å². The number of aromatic nitrogens is 1. The van der Waals surface area contributed by atoms with Crippen LogP contribution in [-0.2, 0) is 33.8 Å². The van der Waals surface area contributed by atoms with Gasteiger partial charge in [0.25, 0.3) is 0 Å². The number of nitrogens with one attached hydrogen (secondary N) is 2. The van der Waals surface area contributed by atoms with Crippen molar-refractivity contribution in [3.8, 4) is 11.5 Å². The second-order valence-corrected chi connectivity index (χ2v) is 11.2. The molecule has 4 aromatic rings. The highest BCUT2D eigenvalue weighted by atomic mass is 16.5. The second-order valence-electron chi connectivity index (χ2n) is 11.2. The molecule has 2 N–H and O–H groups in total. The van der Waals surface area contributed by atoms with Crippen LogP contribution >= 0.6 is 0 Å². The summed E-state index contributed by atoms with van der Waals surface area (Å²) in [4.78, 5) is 11.3. The Bertz CT molecular complexity index is 1470. The molecule has 0 saturated carbocycles. The van der Waals surface area contributed by atoms with Crippen LogP contribution in [0.1, 0.15) is 42.4 Å². The van der Waals surface area contributed by atoms with Crippen LogP contribution in [0.3, 0.4) is 0 Å². The summed E-state index contributed by atoms with van der Waals surface area (Å²) in [5, 5.41) is 7.65. The first-order valence-electron chi connectivity index (χ1n) is 15.7. The van der Waals surface area contributed by atoms with E-state index in [0.29, 0.717) is 38.9 Å². The summed E-state index contributed by atoms with van der Waals surface area (Å²) in [6.07, 6.45) is 4.97. The maximum absolute atomic E-state index is 11.3. The largest absolute Gasteiger partial charge is 0.496 e. The standard InChI is InChI=1S/C36H45N3O5/c1-27(40)38-19-16-29-25-39(34-10-5-4-9-32(29)34)20-23-44-36-24-37-18-17-33(36)28-12-14-31(15-13-28)43-22-7-21-42-26-30-8-3-6-11-35(30)41-2/h3-6,8-15,25,33,36-37H,7,16-24,26H2,1-2H3,(H,38,40). The molecule has 2 atom stereocenters. The molecule has 0 radical (unpaired) electrons. The average molecular weight is 600 g/mol. The Balaban J connectivity index is 1.08. The number of hydrogen-bond acceptors (Lipinski definition) is 6. The smallest absolute Gasteiger partial charge is 0.216 e. The number of carbonyl (C=O) groups excluding carboxylic acids is 1. The number of benzene rings is 3. The predicted octanol–water partition coefficient (Wildman–Crippen LogP) is 5.48. The van der Waals surface area contributed by atoms with E-state index in [0.717, 1.165) is 56.0 Å². The number of hydrogen-bond donors (Lipinski definition) is 2. The molecule has 1 fully saturated rings. The van der Waals surface area contributed by atoms with Crippen molar-refractivity contribution in [3.63, 3.8) is 0 Å². The van der Waals surface area contributed by atoms with Gasteiger partial charge >= 0.3 is 0 Å². The fraction of sp³-hybridized carbons (Fsp3) is 0.417. The third kappa shape index (κ3) is 8.62. The van der Waals surface area contributed by atoms with E-state index in [2.05, 4.69) is 69.9 Å². The summed E-state index contributed by atoms with van der Waals surface area (Å²) >= 11 is 0. The molecular formula is C36H45N3O5.